The summed E-state index contributed by atoms with van der Waals surface area (Å²) in [6, 6.07) is 23.6. The van der Waals surface area contributed by atoms with Crippen molar-refractivity contribution < 1.29 is 18.7 Å². The minimum Gasteiger partial charge on any atom is -0.469 e. The third-order valence-corrected chi connectivity index (χ3v) is 7.87. The molecule has 8 heteroatoms. The number of fused-ring (bicyclic) bond motifs is 2. The van der Waals surface area contributed by atoms with E-state index in [9.17, 15) is 9.59 Å². The summed E-state index contributed by atoms with van der Waals surface area (Å²) in [5.74, 6) is -0.432. The summed E-state index contributed by atoms with van der Waals surface area (Å²) in [5.41, 5.74) is 8.25. The van der Waals surface area contributed by atoms with Gasteiger partial charge >= 0.3 is 5.97 Å². The van der Waals surface area contributed by atoms with Crippen molar-refractivity contribution in [2.45, 2.75) is 38.1 Å². The van der Waals surface area contributed by atoms with Crippen molar-refractivity contribution >= 4 is 34.6 Å². The number of carbonyl (C=O) groups is 2. The van der Waals surface area contributed by atoms with Crippen molar-refractivity contribution in [2.24, 2.45) is 0 Å². The second-order valence-electron chi connectivity index (χ2n) is 10.6. The summed E-state index contributed by atoms with van der Waals surface area (Å²) in [6.45, 7) is 2.74. The van der Waals surface area contributed by atoms with E-state index in [0.717, 1.165) is 51.0 Å². The number of pyridine rings is 1. The van der Waals surface area contributed by atoms with Crippen LogP contribution in [0.5, 0.6) is 0 Å². The van der Waals surface area contributed by atoms with Gasteiger partial charge in [-0.1, -0.05) is 42.5 Å². The smallest absolute Gasteiger partial charge is 0.306 e. The third-order valence-electron chi connectivity index (χ3n) is 7.87. The Hall–Kier alpha value is -4.82. The Bertz CT molecular complexity index is 1750. The van der Waals surface area contributed by atoms with Crippen molar-refractivity contribution in [1.29, 1.82) is 0 Å². The normalized spacial score (nSPS) is 15.1. The molecule has 2 unspecified atom stereocenters. The fourth-order valence-corrected chi connectivity index (χ4v) is 5.61. The minimum absolute atomic E-state index is 0.0682. The molecular formula is C34H32N4O4. The molecular weight excluding hydrogens is 528 g/mol. The van der Waals surface area contributed by atoms with Crippen molar-refractivity contribution in [3.05, 3.63) is 119 Å². The number of nitrogens with zero attached hydrogens (tertiary/aromatic N) is 2. The first-order valence-electron chi connectivity index (χ1n) is 14.1. The van der Waals surface area contributed by atoms with Gasteiger partial charge in [0.25, 0.3) is 6.01 Å². The fraction of sp³-hybridized carbons (Fsp3) is 0.235. The van der Waals surface area contributed by atoms with Gasteiger partial charge in [0.05, 0.1) is 19.6 Å². The summed E-state index contributed by atoms with van der Waals surface area (Å²) in [6.07, 6.45) is 4.71. The molecule has 0 saturated heterocycles. The van der Waals surface area contributed by atoms with E-state index in [2.05, 4.69) is 38.8 Å². The topological polar surface area (TPSA) is 106 Å². The quantitative estimate of drug-likeness (QED) is 0.213. The van der Waals surface area contributed by atoms with Crippen molar-refractivity contribution in [1.82, 2.24) is 15.3 Å². The Kier molecular flexibility index (Phi) is 7.79. The molecule has 2 N–H and O–H groups in total. The van der Waals surface area contributed by atoms with E-state index >= 15 is 0 Å². The molecule has 3 heterocycles. The second kappa shape index (κ2) is 12.0. The number of hydrogen-bond acceptors (Lipinski definition) is 8. The summed E-state index contributed by atoms with van der Waals surface area (Å²) < 4.78 is 11.0. The lowest BCUT2D eigenvalue weighted by atomic mass is 9.83. The number of aromatic nitrogens is 2. The lowest BCUT2D eigenvalue weighted by Crippen LogP contribution is -2.36. The highest BCUT2D eigenvalue weighted by Crippen LogP contribution is 2.34. The van der Waals surface area contributed by atoms with E-state index in [0.29, 0.717) is 18.1 Å². The number of methoxy groups -OCH3 is 1. The Morgan fingerprint density at radius 1 is 1.05 bits per heavy atom. The highest BCUT2D eigenvalue weighted by molar-refractivity contribution is 5.89. The number of ether oxygens (including phenoxy) is 1. The van der Waals surface area contributed by atoms with Crippen molar-refractivity contribution in [2.75, 3.05) is 19.0 Å². The van der Waals surface area contributed by atoms with Gasteiger partial charge in [-0.25, -0.2) is 0 Å². The third kappa shape index (κ3) is 5.80. The zero-order valence-corrected chi connectivity index (χ0v) is 23.6. The van der Waals surface area contributed by atoms with Crippen LogP contribution in [0.15, 0.2) is 89.6 Å². The number of carbonyl (C=O) groups excluding carboxylic acids is 2. The SMILES string of the molecule is COC(=O)CC(c1ccncc1)c1ccc2c(c1)C(C(=O)Cc1ccc3nc(Nc4ccccc4C)oc3c1)NCC2. The fourth-order valence-electron chi connectivity index (χ4n) is 5.61. The number of aryl methyl sites for hydroxylation is 1. The first-order valence-corrected chi connectivity index (χ1v) is 14.1. The van der Waals surface area contributed by atoms with Gasteiger partial charge in [-0.05, 0) is 77.1 Å². The molecule has 8 nitrogen and oxygen atoms in total. The molecule has 212 valence electrons. The zero-order chi connectivity index (χ0) is 29.1. The molecule has 5 aromatic rings. The Morgan fingerprint density at radius 3 is 2.69 bits per heavy atom. The molecule has 0 saturated carbocycles. The summed E-state index contributed by atoms with van der Waals surface area (Å²) >= 11 is 0. The van der Waals surface area contributed by atoms with Gasteiger partial charge in [0.2, 0.25) is 0 Å². The number of hydrogen-bond donors (Lipinski definition) is 2. The van der Waals surface area contributed by atoms with Gasteiger partial charge in [0.15, 0.2) is 11.4 Å². The number of esters is 1. The maximum absolute atomic E-state index is 13.7. The molecule has 0 aliphatic carbocycles. The van der Waals surface area contributed by atoms with E-state index in [4.69, 9.17) is 9.15 Å². The second-order valence-corrected chi connectivity index (χ2v) is 10.6. The predicted octanol–water partition coefficient (Wildman–Crippen LogP) is 5.97. The molecule has 1 aliphatic heterocycles. The van der Waals surface area contributed by atoms with Gasteiger partial charge in [-0.15, -0.1) is 0 Å². The number of rotatable bonds is 9. The summed E-state index contributed by atoms with van der Waals surface area (Å²) in [7, 11) is 1.40. The molecule has 3 aromatic carbocycles. The van der Waals surface area contributed by atoms with Gasteiger partial charge in [-0.2, -0.15) is 4.98 Å². The maximum Gasteiger partial charge on any atom is 0.306 e. The van der Waals surface area contributed by atoms with E-state index in [-0.39, 0.29) is 30.5 Å². The molecule has 42 heavy (non-hydrogen) atoms. The van der Waals surface area contributed by atoms with Crippen LogP contribution in [-0.2, 0) is 27.2 Å². The van der Waals surface area contributed by atoms with Crippen LogP contribution >= 0.6 is 0 Å². The van der Waals surface area contributed by atoms with Gasteiger partial charge in [0.1, 0.15) is 5.52 Å². The molecule has 6 rings (SSSR count). The van der Waals surface area contributed by atoms with Crippen LogP contribution in [0.25, 0.3) is 11.1 Å². The largest absolute Gasteiger partial charge is 0.469 e. The number of ketones is 1. The van der Waals surface area contributed by atoms with Crippen LogP contribution in [0, 0.1) is 6.92 Å². The molecule has 1 aliphatic rings. The number of benzene rings is 3. The monoisotopic (exact) mass is 560 g/mol. The van der Waals surface area contributed by atoms with Gasteiger partial charge in [0, 0.05) is 37.0 Å². The Labute approximate surface area is 244 Å². The number of oxazole rings is 1. The zero-order valence-electron chi connectivity index (χ0n) is 23.6. The summed E-state index contributed by atoms with van der Waals surface area (Å²) in [5, 5.41) is 6.67. The molecule has 2 aromatic heterocycles. The van der Waals surface area contributed by atoms with Crippen LogP contribution in [0.3, 0.4) is 0 Å². The van der Waals surface area contributed by atoms with Crippen LogP contribution in [0.4, 0.5) is 11.7 Å². The predicted molar refractivity (Wildman–Crippen MR) is 161 cm³/mol. The molecule has 0 spiro atoms. The van der Waals surface area contributed by atoms with Gasteiger partial charge < -0.3 is 19.8 Å². The highest BCUT2D eigenvalue weighted by Gasteiger charge is 2.28. The lowest BCUT2D eigenvalue weighted by Gasteiger charge is -2.28. The van der Waals surface area contributed by atoms with Crippen molar-refractivity contribution in [3.63, 3.8) is 0 Å². The van der Waals surface area contributed by atoms with E-state index in [1.54, 1.807) is 12.4 Å². The number of para-hydroxylation sites is 1. The molecule has 2 atom stereocenters. The van der Waals surface area contributed by atoms with Crippen LogP contribution < -0.4 is 10.6 Å². The van der Waals surface area contributed by atoms with Crippen LogP contribution in [0.2, 0.25) is 0 Å². The molecule has 0 radical (unpaired) electrons. The first kappa shape index (κ1) is 27.4. The Balaban J connectivity index is 1.24. The van der Waals surface area contributed by atoms with E-state index in [1.165, 1.54) is 7.11 Å². The summed E-state index contributed by atoms with van der Waals surface area (Å²) in [4.78, 5) is 34.7. The average molecular weight is 561 g/mol. The number of nitrogens with one attached hydrogen (secondary N) is 2. The molecule has 0 amide bonds. The van der Waals surface area contributed by atoms with Crippen molar-refractivity contribution in [3.8, 4) is 0 Å². The van der Waals surface area contributed by atoms with E-state index < -0.39 is 6.04 Å². The average Bonchev–Trinajstić information content (AvgIpc) is 3.42. The number of anilines is 2. The number of Topliss-reactive ketones (excluding diaryl/α,β-unsaturated/α-hetero) is 1. The van der Waals surface area contributed by atoms with Crippen LogP contribution in [-0.4, -0.2) is 35.4 Å². The van der Waals surface area contributed by atoms with E-state index in [1.807, 2.05) is 61.5 Å². The van der Waals surface area contributed by atoms with Crippen LogP contribution in [0.1, 0.15) is 51.8 Å². The molecule has 0 bridgehead atoms. The minimum atomic E-state index is -0.450. The highest BCUT2D eigenvalue weighted by atomic mass is 16.5. The lowest BCUT2D eigenvalue weighted by molar-refractivity contribution is -0.140. The standard InChI is InChI=1S/C34H32N4O4/c1-21-5-3-4-6-28(21)37-34-38-29-10-7-22(18-31(29)42-34)17-30(39)33-27-19-25(9-8-23(27)13-16-36-33)26(20-32(40)41-2)24-11-14-35-15-12-24/h3-12,14-15,18-19,26,33,36H,13,16-17,20H2,1-2H3,(H,37,38). The Morgan fingerprint density at radius 2 is 1.88 bits per heavy atom. The molecule has 0 fully saturated rings. The first-order chi connectivity index (χ1) is 20.5. The van der Waals surface area contributed by atoms with Gasteiger partial charge in [-0.3, -0.25) is 14.6 Å². The maximum atomic E-state index is 13.7.